The predicted molar refractivity (Wildman–Crippen MR) is 128 cm³/mol. The number of hydrogen-bond donors (Lipinski definition) is 3. The molecule has 4 rings (SSSR count). The first kappa shape index (κ1) is 22.1. The molecule has 0 spiro atoms. The molecule has 0 amide bonds. The summed E-state index contributed by atoms with van der Waals surface area (Å²) in [4.78, 5) is 13.2. The minimum atomic E-state index is -0.620. The second kappa shape index (κ2) is 8.78. The molecular weight excluding hydrogens is 421 g/mol. The lowest BCUT2D eigenvalue weighted by Gasteiger charge is -2.20. The molecule has 0 saturated heterocycles. The number of aryl methyl sites for hydroxylation is 1. The number of anilines is 1. The number of amidine groups is 1. The highest BCUT2D eigenvalue weighted by atomic mass is 19.1. The second-order valence-corrected chi connectivity index (χ2v) is 8.00. The fourth-order valence-corrected chi connectivity index (χ4v) is 4.02. The smallest absolute Gasteiger partial charge is 0.196 e. The van der Waals surface area contributed by atoms with Crippen molar-refractivity contribution in [2.45, 2.75) is 26.8 Å². The normalized spacial score (nSPS) is 12.7. The molecule has 0 radical (unpaired) electrons. The monoisotopic (exact) mass is 445 g/mol. The molecule has 0 fully saturated rings. The zero-order chi connectivity index (χ0) is 23.7. The first-order chi connectivity index (χ1) is 15.8. The highest BCUT2D eigenvalue weighted by molar-refractivity contribution is 6.02. The summed E-state index contributed by atoms with van der Waals surface area (Å²) in [6.45, 7) is 5.53. The summed E-state index contributed by atoms with van der Waals surface area (Å²) in [7, 11) is 0. The lowest BCUT2D eigenvalue weighted by molar-refractivity contribution is 0.318. The third-order valence-electron chi connectivity index (χ3n) is 5.64. The Labute approximate surface area is 190 Å². The Balaban J connectivity index is 1.89. The van der Waals surface area contributed by atoms with Gasteiger partial charge in [0.1, 0.15) is 17.2 Å². The van der Waals surface area contributed by atoms with E-state index in [0.717, 1.165) is 16.7 Å². The molecule has 0 bridgehead atoms. The molecule has 7 heteroatoms. The van der Waals surface area contributed by atoms with Gasteiger partial charge in [0, 0.05) is 22.4 Å². The molecule has 0 aliphatic carbocycles. The Kier molecular flexibility index (Phi) is 5.87. The fourth-order valence-electron chi connectivity index (χ4n) is 4.02. The predicted octanol–water partition coefficient (Wildman–Crippen LogP) is 5.48. The van der Waals surface area contributed by atoms with Crippen molar-refractivity contribution >= 4 is 22.5 Å². The molecule has 4 N–H and O–H groups in total. The van der Waals surface area contributed by atoms with Crippen LogP contribution in [0.15, 0.2) is 75.0 Å². The van der Waals surface area contributed by atoms with Gasteiger partial charge in [-0.25, -0.2) is 4.39 Å². The van der Waals surface area contributed by atoms with Gasteiger partial charge < -0.3 is 20.7 Å². The average molecular weight is 445 g/mol. The van der Waals surface area contributed by atoms with Crippen LogP contribution in [0.2, 0.25) is 0 Å². The van der Waals surface area contributed by atoms with Crippen molar-refractivity contribution in [1.29, 1.82) is 0 Å². The van der Waals surface area contributed by atoms with E-state index in [-0.39, 0.29) is 16.8 Å². The van der Waals surface area contributed by atoms with Crippen molar-refractivity contribution in [2.24, 2.45) is 10.9 Å². The second-order valence-electron chi connectivity index (χ2n) is 8.00. The number of nitrogens with zero attached hydrogens (tertiary/aromatic N) is 1. The van der Waals surface area contributed by atoms with E-state index >= 15 is 0 Å². The summed E-state index contributed by atoms with van der Waals surface area (Å²) < 4.78 is 20.7. The molecule has 0 aliphatic heterocycles. The number of benzene rings is 3. The lowest BCUT2D eigenvalue weighted by atomic mass is 9.98. The van der Waals surface area contributed by atoms with Crippen LogP contribution in [0, 0.1) is 19.7 Å². The summed E-state index contributed by atoms with van der Waals surface area (Å²) in [5, 5.41) is 15.7. The quantitative estimate of drug-likeness (QED) is 0.163. The van der Waals surface area contributed by atoms with E-state index in [4.69, 9.17) is 15.4 Å². The number of nitrogens with two attached hydrogens (primary N) is 1. The van der Waals surface area contributed by atoms with E-state index in [1.807, 2.05) is 56.3 Å². The summed E-state index contributed by atoms with van der Waals surface area (Å²) >= 11 is 0. The summed E-state index contributed by atoms with van der Waals surface area (Å²) in [6, 6.07) is 17.2. The van der Waals surface area contributed by atoms with Gasteiger partial charge in [-0.05, 0) is 44.5 Å². The first-order valence-electron chi connectivity index (χ1n) is 10.5. The third kappa shape index (κ3) is 4.05. The Morgan fingerprint density at radius 1 is 1.12 bits per heavy atom. The van der Waals surface area contributed by atoms with E-state index in [0.29, 0.717) is 28.0 Å². The van der Waals surface area contributed by atoms with Gasteiger partial charge >= 0.3 is 0 Å². The Morgan fingerprint density at radius 3 is 2.55 bits per heavy atom. The van der Waals surface area contributed by atoms with Crippen molar-refractivity contribution in [3.05, 3.63) is 99.0 Å². The molecule has 1 unspecified atom stereocenters. The van der Waals surface area contributed by atoms with Crippen molar-refractivity contribution in [3.8, 4) is 11.3 Å². The van der Waals surface area contributed by atoms with Crippen LogP contribution in [0.5, 0.6) is 0 Å². The van der Waals surface area contributed by atoms with Gasteiger partial charge in [0.25, 0.3) is 0 Å². The number of fused-ring (bicyclic) bond motifs is 1. The van der Waals surface area contributed by atoms with Crippen LogP contribution in [0.1, 0.15) is 35.2 Å². The van der Waals surface area contributed by atoms with Crippen LogP contribution >= 0.6 is 0 Å². The van der Waals surface area contributed by atoms with E-state index in [1.165, 1.54) is 12.1 Å². The largest absolute Gasteiger partial charge is 0.455 e. The third-order valence-corrected chi connectivity index (χ3v) is 5.64. The van der Waals surface area contributed by atoms with E-state index in [1.54, 1.807) is 13.0 Å². The van der Waals surface area contributed by atoms with Gasteiger partial charge in [-0.2, -0.15) is 0 Å². The zero-order valence-corrected chi connectivity index (χ0v) is 18.5. The van der Waals surface area contributed by atoms with Gasteiger partial charge in [-0.1, -0.05) is 47.6 Å². The number of halogens is 1. The average Bonchev–Trinajstić information content (AvgIpc) is 2.81. The summed E-state index contributed by atoms with van der Waals surface area (Å²) in [6.07, 6.45) is 0. The Morgan fingerprint density at radius 2 is 1.85 bits per heavy atom. The molecule has 0 saturated carbocycles. The maximum atomic E-state index is 14.4. The molecule has 4 aromatic rings. The fraction of sp³-hybridized carbons (Fsp3) is 0.154. The molecule has 1 heterocycles. The molecule has 1 aromatic heterocycles. The zero-order valence-electron chi connectivity index (χ0n) is 18.5. The van der Waals surface area contributed by atoms with Crippen LogP contribution in [-0.2, 0) is 0 Å². The maximum Gasteiger partial charge on any atom is 0.196 e. The number of oxime groups is 1. The first-order valence-corrected chi connectivity index (χ1v) is 10.5. The van der Waals surface area contributed by atoms with Crippen LogP contribution in [0.3, 0.4) is 0 Å². The Hall–Kier alpha value is -4.13. The lowest BCUT2D eigenvalue weighted by Crippen LogP contribution is -2.19. The summed E-state index contributed by atoms with van der Waals surface area (Å²) in [5.74, 6) is -0.455. The summed E-state index contributed by atoms with van der Waals surface area (Å²) in [5.41, 5.74) is 9.33. The minimum Gasteiger partial charge on any atom is -0.455 e. The minimum absolute atomic E-state index is 0.0360. The topological polar surface area (TPSA) is 101 Å². The van der Waals surface area contributed by atoms with Gasteiger partial charge in [0.15, 0.2) is 11.3 Å². The highest BCUT2D eigenvalue weighted by Crippen LogP contribution is 2.33. The molecule has 3 aromatic carbocycles. The SMILES string of the molecule is Cc1cc(C(C)Nc2cccc(F)c2C(N)=NO)c2oc(-c3ccccc3)c(C)c(=O)c2c1. The molecule has 0 aliphatic rings. The molecule has 168 valence electrons. The van der Waals surface area contributed by atoms with Crippen molar-refractivity contribution in [3.63, 3.8) is 0 Å². The van der Waals surface area contributed by atoms with Gasteiger partial charge in [-0.3, -0.25) is 4.79 Å². The van der Waals surface area contributed by atoms with Gasteiger partial charge in [0.2, 0.25) is 0 Å². The van der Waals surface area contributed by atoms with Crippen molar-refractivity contribution in [1.82, 2.24) is 0 Å². The standard InChI is InChI=1S/C26H24FN3O3/c1-14-12-18(16(3)29-21-11-7-10-20(27)22(21)26(28)30-32)25-19(13-14)23(31)15(2)24(33-25)17-8-5-4-6-9-17/h4-13,16,29,32H,1-3H3,(H2,28,30). The number of hydrogen-bond acceptors (Lipinski definition) is 5. The number of rotatable bonds is 5. The molecule has 1 atom stereocenters. The van der Waals surface area contributed by atoms with E-state index in [2.05, 4.69) is 10.5 Å². The molecule has 6 nitrogen and oxygen atoms in total. The van der Waals surface area contributed by atoms with Gasteiger partial charge in [0.05, 0.1) is 17.0 Å². The van der Waals surface area contributed by atoms with E-state index < -0.39 is 11.9 Å². The molecule has 33 heavy (non-hydrogen) atoms. The molecular formula is C26H24FN3O3. The van der Waals surface area contributed by atoms with Crippen molar-refractivity contribution < 1.29 is 14.0 Å². The van der Waals surface area contributed by atoms with Crippen LogP contribution in [0.25, 0.3) is 22.3 Å². The number of nitrogens with one attached hydrogen (secondary N) is 1. The maximum absolute atomic E-state index is 14.4. The van der Waals surface area contributed by atoms with E-state index in [9.17, 15) is 9.18 Å². The van der Waals surface area contributed by atoms with Crippen molar-refractivity contribution in [2.75, 3.05) is 5.32 Å². The Bertz CT molecular complexity index is 1430. The van der Waals surface area contributed by atoms with Crippen LogP contribution in [-0.4, -0.2) is 11.0 Å². The highest BCUT2D eigenvalue weighted by Gasteiger charge is 2.21. The van der Waals surface area contributed by atoms with Crippen LogP contribution in [0.4, 0.5) is 10.1 Å². The van der Waals surface area contributed by atoms with Crippen LogP contribution < -0.4 is 16.5 Å². The van der Waals surface area contributed by atoms with Gasteiger partial charge in [-0.15, -0.1) is 0 Å².